The summed E-state index contributed by atoms with van der Waals surface area (Å²) in [4.78, 5) is 0. The van der Waals surface area contributed by atoms with Crippen LogP contribution in [0.5, 0.6) is 0 Å². The summed E-state index contributed by atoms with van der Waals surface area (Å²) < 4.78 is 27.8. The lowest BCUT2D eigenvalue weighted by molar-refractivity contribution is 0.427. The second-order valence-corrected chi connectivity index (χ2v) is 10.7. The molecule has 0 spiro atoms. The molecule has 0 fully saturated rings. The molecule has 0 N–H and O–H groups in total. The van der Waals surface area contributed by atoms with Crippen LogP contribution in [0.15, 0.2) is 48.5 Å². The van der Waals surface area contributed by atoms with Gasteiger partial charge in [-0.15, -0.1) is 0 Å². The third-order valence-corrected chi connectivity index (χ3v) is 10.4. The molecule has 0 aliphatic carbocycles. The van der Waals surface area contributed by atoms with Crippen LogP contribution in [0, 0.1) is 0 Å². The predicted molar refractivity (Wildman–Crippen MR) is 90.3 cm³/mol. The number of hydrogen-bond donors (Lipinski definition) is 0. The highest BCUT2D eigenvalue weighted by Gasteiger charge is 2.36. The topological polar surface area (TPSA) is 0 Å². The molecule has 2 aromatic rings. The summed E-state index contributed by atoms with van der Waals surface area (Å²) in [5, 5.41) is 2.33. The standard InChI is InChI=1S/C18H22F2Si/c1-4-21(5-2,6-3)17(18(19)20)16-13-9-11-14-10-7-8-12-15(14)16/h7-13H,4-6H2,1-3H3. The molecule has 0 saturated carbocycles. The van der Waals surface area contributed by atoms with E-state index in [-0.39, 0.29) is 0 Å². The Kier molecular flexibility index (Phi) is 4.94. The summed E-state index contributed by atoms with van der Waals surface area (Å²) in [6.45, 7) is 6.19. The molecule has 2 aromatic carbocycles. The van der Waals surface area contributed by atoms with Crippen LogP contribution in [0.25, 0.3) is 16.0 Å². The fourth-order valence-corrected chi connectivity index (χ4v) is 7.06. The van der Waals surface area contributed by atoms with Gasteiger partial charge in [0.05, 0.1) is 8.07 Å². The average molecular weight is 304 g/mol. The Morgan fingerprint density at radius 1 is 0.857 bits per heavy atom. The zero-order valence-corrected chi connectivity index (χ0v) is 13.9. The van der Waals surface area contributed by atoms with E-state index >= 15 is 0 Å². The SMILES string of the molecule is CC[Si](CC)(CC)C(=C(F)F)c1cccc2ccccc12. The molecule has 2 rings (SSSR count). The summed E-state index contributed by atoms with van der Waals surface area (Å²) in [7, 11) is -2.14. The minimum absolute atomic E-state index is 0.367. The molecule has 21 heavy (non-hydrogen) atoms. The van der Waals surface area contributed by atoms with Crippen molar-refractivity contribution in [3.8, 4) is 0 Å². The number of rotatable bonds is 5. The molecule has 112 valence electrons. The predicted octanol–water partition coefficient (Wildman–Crippen LogP) is 6.50. The van der Waals surface area contributed by atoms with Gasteiger partial charge in [0.25, 0.3) is 6.08 Å². The quantitative estimate of drug-likeness (QED) is 0.553. The molecule has 0 radical (unpaired) electrons. The first-order chi connectivity index (χ1) is 10.1. The van der Waals surface area contributed by atoms with Crippen LogP contribution in [-0.2, 0) is 0 Å². The average Bonchev–Trinajstić information content (AvgIpc) is 2.52. The Balaban J connectivity index is 2.77. The molecule has 0 unspecified atom stereocenters. The van der Waals surface area contributed by atoms with Gasteiger partial charge in [0.1, 0.15) is 0 Å². The molecule has 0 aliphatic heterocycles. The molecule has 0 bridgehead atoms. The first kappa shape index (κ1) is 15.9. The van der Waals surface area contributed by atoms with E-state index in [4.69, 9.17) is 0 Å². The van der Waals surface area contributed by atoms with E-state index in [9.17, 15) is 8.78 Å². The Hall–Kier alpha value is -1.48. The summed E-state index contributed by atoms with van der Waals surface area (Å²) in [6, 6.07) is 16.1. The second kappa shape index (κ2) is 6.52. The number of fused-ring (bicyclic) bond motifs is 1. The van der Waals surface area contributed by atoms with Crippen molar-refractivity contribution in [3.63, 3.8) is 0 Å². The van der Waals surface area contributed by atoms with Crippen LogP contribution in [0.1, 0.15) is 26.3 Å². The molecule has 0 atom stereocenters. The zero-order chi connectivity index (χ0) is 15.5. The molecule has 0 aliphatic rings. The lowest BCUT2D eigenvalue weighted by atomic mass is 10.0. The van der Waals surface area contributed by atoms with Crippen molar-refractivity contribution in [2.45, 2.75) is 38.9 Å². The summed E-state index contributed by atoms with van der Waals surface area (Å²) in [5.41, 5.74) is 0.741. The normalized spacial score (nSPS) is 11.7. The molecule has 0 amide bonds. The fourth-order valence-electron chi connectivity index (χ4n) is 3.31. The van der Waals surface area contributed by atoms with Crippen LogP contribution in [0.4, 0.5) is 8.78 Å². The van der Waals surface area contributed by atoms with Crippen molar-refractivity contribution >= 4 is 24.0 Å². The van der Waals surface area contributed by atoms with Gasteiger partial charge < -0.3 is 0 Å². The fraction of sp³-hybridized carbons (Fsp3) is 0.333. The van der Waals surface area contributed by atoms with Crippen molar-refractivity contribution in [1.82, 2.24) is 0 Å². The van der Waals surface area contributed by atoms with E-state index in [0.29, 0.717) is 5.20 Å². The van der Waals surface area contributed by atoms with Crippen molar-refractivity contribution in [2.24, 2.45) is 0 Å². The first-order valence-corrected chi connectivity index (χ1v) is 10.3. The van der Waals surface area contributed by atoms with Crippen molar-refractivity contribution in [3.05, 3.63) is 54.1 Å². The molecule has 3 heteroatoms. The third kappa shape index (κ3) is 2.79. The second-order valence-electron chi connectivity index (χ2n) is 5.50. The number of hydrogen-bond acceptors (Lipinski definition) is 0. The Labute approximate surface area is 126 Å². The third-order valence-electron chi connectivity index (χ3n) is 4.81. The maximum Gasteiger partial charge on any atom is 0.270 e. The highest BCUT2D eigenvalue weighted by Crippen LogP contribution is 2.40. The van der Waals surface area contributed by atoms with Crippen LogP contribution in [0.3, 0.4) is 0 Å². The van der Waals surface area contributed by atoms with E-state index in [1.807, 2.05) is 42.5 Å². The van der Waals surface area contributed by atoms with Crippen molar-refractivity contribution in [2.75, 3.05) is 0 Å². The van der Waals surface area contributed by atoms with Gasteiger partial charge in [0, 0.05) is 5.20 Å². The lowest BCUT2D eigenvalue weighted by Crippen LogP contribution is -2.34. The van der Waals surface area contributed by atoms with Gasteiger partial charge in [0.2, 0.25) is 0 Å². The maximum absolute atomic E-state index is 13.9. The first-order valence-electron chi connectivity index (χ1n) is 7.63. The molecular weight excluding hydrogens is 282 g/mol. The summed E-state index contributed by atoms with van der Waals surface area (Å²) in [6.07, 6.45) is -1.48. The number of halogens is 2. The van der Waals surface area contributed by atoms with E-state index < -0.39 is 14.2 Å². The highest BCUT2D eigenvalue weighted by atomic mass is 28.3. The monoisotopic (exact) mass is 304 g/mol. The van der Waals surface area contributed by atoms with Gasteiger partial charge in [-0.05, 0) is 16.3 Å². The van der Waals surface area contributed by atoms with Gasteiger partial charge in [0.15, 0.2) is 0 Å². The van der Waals surface area contributed by atoms with Crippen LogP contribution in [-0.4, -0.2) is 8.07 Å². The molecule has 0 heterocycles. The molecular formula is C18H22F2Si. The van der Waals surface area contributed by atoms with Gasteiger partial charge >= 0.3 is 0 Å². The maximum atomic E-state index is 13.9. The Morgan fingerprint density at radius 3 is 2.00 bits per heavy atom. The van der Waals surface area contributed by atoms with Gasteiger partial charge in [-0.2, -0.15) is 8.78 Å². The minimum Gasteiger partial charge on any atom is -0.174 e. The zero-order valence-electron chi connectivity index (χ0n) is 12.9. The molecule has 0 aromatic heterocycles. The van der Waals surface area contributed by atoms with E-state index in [1.165, 1.54) is 0 Å². The number of benzene rings is 2. The smallest absolute Gasteiger partial charge is 0.174 e. The van der Waals surface area contributed by atoms with Crippen LogP contribution >= 0.6 is 0 Å². The van der Waals surface area contributed by atoms with Crippen molar-refractivity contribution in [1.29, 1.82) is 0 Å². The minimum atomic E-state index is -2.14. The summed E-state index contributed by atoms with van der Waals surface area (Å²) >= 11 is 0. The molecule has 0 nitrogen and oxygen atoms in total. The lowest BCUT2D eigenvalue weighted by Gasteiger charge is -2.31. The molecule has 0 saturated heterocycles. The van der Waals surface area contributed by atoms with E-state index in [0.717, 1.165) is 34.5 Å². The Morgan fingerprint density at radius 2 is 1.43 bits per heavy atom. The largest absolute Gasteiger partial charge is 0.270 e. The van der Waals surface area contributed by atoms with Gasteiger partial charge in [-0.25, -0.2) is 0 Å². The van der Waals surface area contributed by atoms with Gasteiger partial charge in [-0.3, -0.25) is 0 Å². The van der Waals surface area contributed by atoms with Crippen LogP contribution in [0.2, 0.25) is 18.1 Å². The van der Waals surface area contributed by atoms with E-state index in [1.54, 1.807) is 0 Å². The highest BCUT2D eigenvalue weighted by molar-refractivity contribution is 6.96. The van der Waals surface area contributed by atoms with Crippen LogP contribution < -0.4 is 0 Å². The summed E-state index contributed by atoms with van der Waals surface area (Å²) in [5.74, 6) is 0. The van der Waals surface area contributed by atoms with Gasteiger partial charge in [-0.1, -0.05) is 81.4 Å². The van der Waals surface area contributed by atoms with Crippen molar-refractivity contribution < 1.29 is 8.78 Å². The van der Waals surface area contributed by atoms with E-state index in [2.05, 4.69) is 20.8 Å². The Bertz CT molecular complexity index is 640.